The van der Waals surface area contributed by atoms with Crippen molar-refractivity contribution >= 4 is 23.2 Å². The number of fused-ring (bicyclic) bond motifs is 2. The molecule has 0 saturated carbocycles. The highest BCUT2D eigenvalue weighted by Gasteiger charge is 2.34. The van der Waals surface area contributed by atoms with Gasteiger partial charge in [0.05, 0.1) is 12.8 Å². The van der Waals surface area contributed by atoms with Crippen LogP contribution in [0, 0.1) is 5.92 Å². The van der Waals surface area contributed by atoms with Gasteiger partial charge in [-0.2, -0.15) is 0 Å². The third kappa shape index (κ3) is 4.06. The third-order valence-electron chi connectivity index (χ3n) is 4.84. The summed E-state index contributed by atoms with van der Waals surface area (Å²) in [5.74, 6) is 0.872. The van der Waals surface area contributed by atoms with Gasteiger partial charge in [0.15, 0.2) is 0 Å². The lowest BCUT2D eigenvalue weighted by Gasteiger charge is -2.28. The van der Waals surface area contributed by atoms with Crippen molar-refractivity contribution < 1.29 is 14.3 Å². The smallest absolute Gasteiger partial charge is 0.224 e. The van der Waals surface area contributed by atoms with Crippen molar-refractivity contribution in [2.45, 2.75) is 51.1 Å². The third-order valence-corrected chi connectivity index (χ3v) is 4.84. The van der Waals surface area contributed by atoms with Crippen molar-refractivity contribution in [2.24, 2.45) is 5.92 Å². The van der Waals surface area contributed by atoms with Crippen molar-refractivity contribution in [2.75, 3.05) is 17.7 Å². The minimum atomic E-state index is -0.179. The second-order valence-corrected chi connectivity index (χ2v) is 6.82. The van der Waals surface area contributed by atoms with Gasteiger partial charge < -0.3 is 20.7 Å². The molecule has 2 amide bonds. The second-order valence-electron chi connectivity index (χ2n) is 6.82. The second kappa shape index (κ2) is 7.21. The molecule has 2 aliphatic heterocycles. The van der Waals surface area contributed by atoms with Crippen LogP contribution in [-0.4, -0.2) is 31.0 Å². The Morgan fingerprint density at radius 1 is 1.21 bits per heavy atom. The normalized spacial score (nSPS) is 25.2. The first-order valence-corrected chi connectivity index (χ1v) is 8.55. The summed E-state index contributed by atoms with van der Waals surface area (Å²) in [6, 6.07) is 6.44. The first-order valence-electron chi connectivity index (χ1n) is 8.55. The maximum atomic E-state index is 12.4. The molecule has 2 bridgehead atoms. The highest BCUT2D eigenvalue weighted by atomic mass is 16.5. The Bertz CT molecular complexity index is 620. The van der Waals surface area contributed by atoms with E-state index in [1.807, 2.05) is 0 Å². The van der Waals surface area contributed by atoms with Crippen LogP contribution in [0.4, 0.5) is 11.4 Å². The van der Waals surface area contributed by atoms with Crippen LogP contribution < -0.4 is 20.7 Å². The van der Waals surface area contributed by atoms with Gasteiger partial charge in [-0.15, -0.1) is 0 Å². The molecule has 2 heterocycles. The van der Waals surface area contributed by atoms with Crippen LogP contribution in [0.5, 0.6) is 5.75 Å². The van der Waals surface area contributed by atoms with Crippen LogP contribution in [0.25, 0.3) is 0 Å². The summed E-state index contributed by atoms with van der Waals surface area (Å²) in [6.45, 7) is 1.44. The number of benzene rings is 1. The van der Waals surface area contributed by atoms with E-state index in [9.17, 15) is 9.59 Å². The molecular weight excluding hydrogens is 306 g/mol. The van der Waals surface area contributed by atoms with Crippen molar-refractivity contribution in [1.82, 2.24) is 5.32 Å². The minimum Gasteiger partial charge on any atom is -0.495 e. The van der Waals surface area contributed by atoms with E-state index in [-0.39, 0.29) is 11.8 Å². The minimum absolute atomic E-state index is 0.0280. The predicted molar refractivity (Wildman–Crippen MR) is 93.2 cm³/mol. The van der Waals surface area contributed by atoms with Gasteiger partial charge in [0.2, 0.25) is 11.8 Å². The van der Waals surface area contributed by atoms with Crippen LogP contribution in [0.2, 0.25) is 0 Å². The van der Waals surface area contributed by atoms with Gasteiger partial charge in [-0.3, -0.25) is 9.59 Å². The Morgan fingerprint density at radius 2 is 1.92 bits per heavy atom. The number of ether oxygens (including phenoxy) is 1. The molecule has 6 heteroatoms. The standard InChI is InChI=1S/C18H25N3O3/c1-11(22)19-16-10-15(5-6-17(16)24-2)21-18(23)9-12-7-13-3-4-14(8-12)20-13/h5-6,10,12-14,20H,3-4,7-9H2,1-2H3,(H,19,22)(H,21,23). The molecule has 1 aromatic rings. The van der Waals surface area contributed by atoms with E-state index in [0.29, 0.717) is 41.5 Å². The van der Waals surface area contributed by atoms with E-state index in [1.54, 1.807) is 25.3 Å². The Balaban J connectivity index is 1.60. The quantitative estimate of drug-likeness (QED) is 0.774. The van der Waals surface area contributed by atoms with Crippen molar-refractivity contribution in [1.29, 1.82) is 0 Å². The molecule has 0 radical (unpaired) electrons. The fourth-order valence-corrected chi connectivity index (χ4v) is 3.89. The Kier molecular flexibility index (Phi) is 5.04. The summed E-state index contributed by atoms with van der Waals surface area (Å²) in [5.41, 5.74) is 1.23. The summed E-state index contributed by atoms with van der Waals surface area (Å²) < 4.78 is 5.22. The zero-order chi connectivity index (χ0) is 17.1. The number of amides is 2. The number of piperidine rings is 1. The molecule has 2 atom stereocenters. The molecule has 130 valence electrons. The van der Waals surface area contributed by atoms with Gasteiger partial charge in [-0.05, 0) is 49.8 Å². The van der Waals surface area contributed by atoms with Gasteiger partial charge in [0, 0.05) is 31.1 Å². The molecule has 2 unspecified atom stereocenters. The lowest BCUT2D eigenvalue weighted by molar-refractivity contribution is -0.117. The summed E-state index contributed by atoms with van der Waals surface area (Å²) in [6.07, 6.45) is 5.20. The van der Waals surface area contributed by atoms with Crippen LogP contribution >= 0.6 is 0 Å². The molecule has 6 nitrogen and oxygen atoms in total. The van der Waals surface area contributed by atoms with Gasteiger partial charge in [-0.25, -0.2) is 0 Å². The van der Waals surface area contributed by atoms with Gasteiger partial charge >= 0.3 is 0 Å². The summed E-state index contributed by atoms with van der Waals surface area (Å²) in [4.78, 5) is 23.6. The van der Waals surface area contributed by atoms with E-state index in [1.165, 1.54) is 19.8 Å². The maximum Gasteiger partial charge on any atom is 0.224 e. The zero-order valence-corrected chi connectivity index (χ0v) is 14.2. The molecule has 2 aliphatic rings. The number of nitrogens with one attached hydrogen (secondary N) is 3. The van der Waals surface area contributed by atoms with Crippen LogP contribution in [0.3, 0.4) is 0 Å². The first-order chi connectivity index (χ1) is 11.5. The van der Waals surface area contributed by atoms with Crippen molar-refractivity contribution in [3.63, 3.8) is 0 Å². The molecule has 3 N–H and O–H groups in total. The lowest BCUT2D eigenvalue weighted by Crippen LogP contribution is -2.39. The Labute approximate surface area is 142 Å². The van der Waals surface area contributed by atoms with Gasteiger partial charge in [-0.1, -0.05) is 0 Å². The largest absolute Gasteiger partial charge is 0.495 e. The van der Waals surface area contributed by atoms with Gasteiger partial charge in [0.25, 0.3) is 0 Å². The first kappa shape index (κ1) is 16.8. The highest BCUT2D eigenvalue weighted by molar-refractivity contribution is 5.94. The van der Waals surface area contributed by atoms with Crippen molar-refractivity contribution in [3.05, 3.63) is 18.2 Å². The molecular formula is C18H25N3O3. The maximum absolute atomic E-state index is 12.4. The fraction of sp³-hybridized carbons (Fsp3) is 0.556. The molecule has 0 aliphatic carbocycles. The number of carbonyl (C=O) groups excluding carboxylic acids is 2. The van der Waals surface area contributed by atoms with Crippen LogP contribution in [0.15, 0.2) is 18.2 Å². The average molecular weight is 331 g/mol. The van der Waals surface area contributed by atoms with E-state index >= 15 is 0 Å². The zero-order valence-electron chi connectivity index (χ0n) is 14.2. The molecule has 0 aromatic heterocycles. The van der Waals surface area contributed by atoms with E-state index in [2.05, 4.69) is 16.0 Å². The van der Waals surface area contributed by atoms with Gasteiger partial charge in [0.1, 0.15) is 5.75 Å². The molecule has 0 spiro atoms. The average Bonchev–Trinajstić information content (AvgIpc) is 2.85. The number of methoxy groups -OCH3 is 1. The molecule has 2 fully saturated rings. The molecule has 2 saturated heterocycles. The highest BCUT2D eigenvalue weighted by Crippen LogP contribution is 2.33. The number of anilines is 2. The van der Waals surface area contributed by atoms with Crippen LogP contribution in [-0.2, 0) is 9.59 Å². The van der Waals surface area contributed by atoms with E-state index in [4.69, 9.17) is 4.74 Å². The van der Waals surface area contributed by atoms with Crippen LogP contribution in [0.1, 0.15) is 39.0 Å². The predicted octanol–water partition coefficient (Wildman–Crippen LogP) is 2.51. The SMILES string of the molecule is COc1ccc(NC(=O)CC2CC3CCC(C2)N3)cc1NC(C)=O. The summed E-state index contributed by atoms with van der Waals surface area (Å²) in [7, 11) is 1.55. The van der Waals surface area contributed by atoms with Crippen molar-refractivity contribution in [3.8, 4) is 5.75 Å². The number of carbonyl (C=O) groups is 2. The summed E-state index contributed by atoms with van der Waals surface area (Å²) in [5, 5.41) is 9.25. The Morgan fingerprint density at radius 3 is 2.54 bits per heavy atom. The number of rotatable bonds is 5. The van der Waals surface area contributed by atoms with E-state index < -0.39 is 0 Å². The molecule has 3 rings (SSSR count). The monoisotopic (exact) mass is 331 g/mol. The fourth-order valence-electron chi connectivity index (χ4n) is 3.89. The number of hydrogen-bond acceptors (Lipinski definition) is 4. The Hall–Kier alpha value is -2.08. The lowest BCUT2D eigenvalue weighted by atomic mass is 9.89. The topological polar surface area (TPSA) is 79.5 Å². The molecule has 24 heavy (non-hydrogen) atoms. The summed E-state index contributed by atoms with van der Waals surface area (Å²) >= 11 is 0. The number of hydrogen-bond donors (Lipinski definition) is 3. The molecule has 1 aromatic carbocycles. The van der Waals surface area contributed by atoms with E-state index in [0.717, 1.165) is 12.8 Å².